The molecule has 0 saturated carbocycles. The summed E-state index contributed by atoms with van der Waals surface area (Å²) in [5.74, 6) is 0.481. The third-order valence-electron chi connectivity index (χ3n) is 5.40. The number of hydrogen-bond donors (Lipinski definition) is 1. The van der Waals surface area contributed by atoms with E-state index in [9.17, 15) is 18.0 Å². The minimum atomic E-state index is -3.58. The molecule has 0 aliphatic carbocycles. The van der Waals surface area contributed by atoms with E-state index in [2.05, 4.69) is 9.62 Å². The fourth-order valence-corrected chi connectivity index (χ4v) is 4.06. The highest BCUT2D eigenvalue weighted by molar-refractivity contribution is 7.92. The molecular formula is C21H28N4O5S. The summed E-state index contributed by atoms with van der Waals surface area (Å²) in [4.78, 5) is 29.5. The second-order valence-corrected chi connectivity index (χ2v) is 9.36. The zero-order valence-corrected chi connectivity index (χ0v) is 18.8. The van der Waals surface area contributed by atoms with Crippen LogP contribution in [0.5, 0.6) is 5.75 Å². The van der Waals surface area contributed by atoms with Crippen LogP contribution in [0.3, 0.4) is 0 Å². The highest BCUT2D eigenvalue weighted by Gasteiger charge is 2.23. The Morgan fingerprint density at radius 1 is 1.06 bits per heavy atom. The van der Waals surface area contributed by atoms with Gasteiger partial charge in [-0.05, 0) is 50.2 Å². The average Bonchev–Trinajstić information content (AvgIpc) is 2.78. The van der Waals surface area contributed by atoms with Crippen molar-refractivity contribution in [2.45, 2.75) is 20.4 Å². The Balaban J connectivity index is 1.66. The lowest BCUT2D eigenvalue weighted by Crippen LogP contribution is -2.50. The summed E-state index contributed by atoms with van der Waals surface area (Å²) in [5, 5.41) is 0. The van der Waals surface area contributed by atoms with Gasteiger partial charge in [0.1, 0.15) is 18.0 Å². The number of nitrogens with zero attached hydrogens (tertiary/aromatic N) is 3. The van der Waals surface area contributed by atoms with Gasteiger partial charge in [0.25, 0.3) is 5.56 Å². The Labute approximate surface area is 182 Å². The third-order valence-corrected chi connectivity index (χ3v) is 6.69. The highest BCUT2D eigenvalue weighted by atomic mass is 32.2. The first-order valence-electron chi connectivity index (χ1n) is 10.1. The fourth-order valence-electron chi connectivity index (χ4n) is 3.43. The van der Waals surface area contributed by atoms with Crippen LogP contribution in [-0.4, -0.2) is 62.8 Å². The number of piperazine rings is 1. The van der Waals surface area contributed by atoms with E-state index in [0.717, 1.165) is 11.4 Å². The topological polar surface area (TPSA) is 101 Å². The van der Waals surface area contributed by atoms with Crippen molar-refractivity contribution in [2.75, 3.05) is 48.7 Å². The van der Waals surface area contributed by atoms with Gasteiger partial charge in [-0.2, -0.15) is 0 Å². The summed E-state index contributed by atoms with van der Waals surface area (Å²) in [6.45, 7) is 5.53. The van der Waals surface area contributed by atoms with Gasteiger partial charge >= 0.3 is 0 Å². The lowest BCUT2D eigenvalue weighted by atomic mass is 10.2. The Bertz CT molecular complexity index is 1090. The van der Waals surface area contributed by atoms with Gasteiger partial charge in [0.05, 0.1) is 12.9 Å². The summed E-state index contributed by atoms with van der Waals surface area (Å²) >= 11 is 0. The molecule has 1 amide bonds. The molecule has 10 heteroatoms. The predicted molar refractivity (Wildman–Crippen MR) is 120 cm³/mol. The van der Waals surface area contributed by atoms with Crippen LogP contribution in [-0.2, 0) is 21.4 Å². The number of sulfonamides is 1. The Hall–Kier alpha value is -3.01. The van der Waals surface area contributed by atoms with Gasteiger partial charge in [-0.1, -0.05) is 0 Å². The van der Waals surface area contributed by atoms with Crippen LogP contribution < -0.4 is 19.9 Å². The number of rotatable bonds is 7. The van der Waals surface area contributed by atoms with Crippen LogP contribution in [0.4, 0.5) is 11.4 Å². The summed E-state index contributed by atoms with van der Waals surface area (Å²) in [7, 11) is -1.96. The number of hydrogen-bond acceptors (Lipinski definition) is 6. The van der Waals surface area contributed by atoms with Crippen molar-refractivity contribution in [1.82, 2.24) is 9.47 Å². The molecule has 0 spiro atoms. The minimum Gasteiger partial charge on any atom is -0.497 e. The van der Waals surface area contributed by atoms with Crippen molar-refractivity contribution in [1.29, 1.82) is 0 Å². The molecule has 1 aliphatic heterocycles. The van der Waals surface area contributed by atoms with Crippen molar-refractivity contribution in [3.05, 3.63) is 52.4 Å². The number of carbonyl (C=O) groups excluding carboxylic acids is 1. The molecule has 0 unspecified atom stereocenters. The number of pyridine rings is 1. The van der Waals surface area contributed by atoms with Crippen LogP contribution in [0, 0.1) is 6.92 Å². The molecule has 1 saturated heterocycles. The highest BCUT2D eigenvalue weighted by Crippen LogP contribution is 2.20. The number of carbonyl (C=O) groups is 1. The molecule has 1 N–H and O–H groups in total. The van der Waals surface area contributed by atoms with E-state index in [4.69, 9.17) is 4.74 Å². The smallest absolute Gasteiger partial charge is 0.275 e. The summed E-state index contributed by atoms with van der Waals surface area (Å²) in [6, 6.07) is 10.8. The van der Waals surface area contributed by atoms with E-state index in [1.807, 2.05) is 24.3 Å². The Morgan fingerprint density at radius 2 is 1.71 bits per heavy atom. The molecule has 0 radical (unpaired) electrons. The lowest BCUT2D eigenvalue weighted by Gasteiger charge is -2.36. The molecule has 2 aromatic rings. The molecule has 1 aromatic carbocycles. The molecule has 1 aromatic heterocycles. The van der Waals surface area contributed by atoms with E-state index in [1.54, 1.807) is 25.0 Å². The Morgan fingerprint density at radius 3 is 2.29 bits per heavy atom. The van der Waals surface area contributed by atoms with Gasteiger partial charge in [0.15, 0.2) is 0 Å². The van der Waals surface area contributed by atoms with Gasteiger partial charge < -0.3 is 19.1 Å². The van der Waals surface area contributed by atoms with Crippen LogP contribution >= 0.6 is 0 Å². The quantitative estimate of drug-likeness (QED) is 0.685. The van der Waals surface area contributed by atoms with Crippen molar-refractivity contribution >= 4 is 27.3 Å². The van der Waals surface area contributed by atoms with Gasteiger partial charge in [0, 0.05) is 37.6 Å². The van der Waals surface area contributed by atoms with Crippen LogP contribution in [0.1, 0.15) is 12.6 Å². The fraction of sp³-hybridized carbons (Fsp3) is 0.429. The van der Waals surface area contributed by atoms with Crippen molar-refractivity contribution in [3.8, 4) is 5.75 Å². The second-order valence-electron chi connectivity index (χ2n) is 7.35. The van der Waals surface area contributed by atoms with E-state index < -0.39 is 15.6 Å². The van der Waals surface area contributed by atoms with Gasteiger partial charge in [-0.3, -0.25) is 14.3 Å². The first kappa shape index (κ1) is 22.7. The monoisotopic (exact) mass is 448 g/mol. The number of aryl methyl sites for hydroxylation is 1. The largest absolute Gasteiger partial charge is 0.497 e. The molecule has 1 fully saturated rings. The molecule has 9 nitrogen and oxygen atoms in total. The molecule has 1 aliphatic rings. The number of ether oxygens (including phenoxy) is 1. The van der Waals surface area contributed by atoms with Crippen molar-refractivity contribution < 1.29 is 17.9 Å². The maximum atomic E-state index is 12.8. The lowest BCUT2D eigenvalue weighted by molar-refractivity contribution is -0.132. The van der Waals surface area contributed by atoms with Crippen LogP contribution in [0.15, 0.2) is 41.2 Å². The first-order valence-corrected chi connectivity index (χ1v) is 11.8. The SMILES string of the molecule is CCS(=O)(=O)Nc1ccc(C)n(CC(=O)N2CCN(c3ccc(OC)cc3)CC2)c1=O. The van der Waals surface area contributed by atoms with Crippen molar-refractivity contribution in [2.24, 2.45) is 0 Å². The molecule has 0 bridgehead atoms. The average molecular weight is 449 g/mol. The normalized spacial score (nSPS) is 14.4. The molecule has 31 heavy (non-hydrogen) atoms. The first-order chi connectivity index (χ1) is 14.7. The number of aromatic nitrogens is 1. The second kappa shape index (κ2) is 9.42. The number of benzene rings is 1. The number of nitrogens with one attached hydrogen (secondary N) is 1. The zero-order chi connectivity index (χ0) is 22.6. The number of amides is 1. The van der Waals surface area contributed by atoms with Crippen LogP contribution in [0.25, 0.3) is 0 Å². The predicted octanol–water partition coefficient (Wildman–Crippen LogP) is 1.28. The molecule has 3 rings (SSSR count). The molecule has 0 atom stereocenters. The maximum absolute atomic E-state index is 12.8. The van der Waals surface area contributed by atoms with E-state index in [0.29, 0.717) is 31.9 Å². The molecule has 168 valence electrons. The molecular weight excluding hydrogens is 420 g/mol. The summed E-state index contributed by atoms with van der Waals surface area (Å²) in [6.07, 6.45) is 0. The van der Waals surface area contributed by atoms with E-state index in [1.165, 1.54) is 17.6 Å². The van der Waals surface area contributed by atoms with Gasteiger partial charge in [-0.15, -0.1) is 0 Å². The zero-order valence-electron chi connectivity index (χ0n) is 18.0. The maximum Gasteiger partial charge on any atom is 0.275 e. The van der Waals surface area contributed by atoms with Gasteiger partial charge in [0.2, 0.25) is 15.9 Å². The number of methoxy groups -OCH3 is 1. The van der Waals surface area contributed by atoms with Crippen molar-refractivity contribution in [3.63, 3.8) is 0 Å². The van der Waals surface area contributed by atoms with E-state index >= 15 is 0 Å². The summed E-state index contributed by atoms with van der Waals surface area (Å²) in [5.41, 5.74) is 1.08. The minimum absolute atomic E-state index is 0.0513. The summed E-state index contributed by atoms with van der Waals surface area (Å²) < 4.78 is 32.4. The van der Waals surface area contributed by atoms with Gasteiger partial charge in [-0.25, -0.2) is 8.42 Å². The van der Waals surface area contributed by atoms with E-state index in [-0.39, 0.29) is 23.9 Å². The Kier molecular flexibility index (Phi) is 6.89. The third kappa shape index (κ3) is 5.38. The standard InChI is InChI=1S/C21H28N4O5S/c1-4-31(28,29)22-19-10-5-16(2)25(21(19)27)15-20(26)24-13-11-23(12-14-24)17-6-8-18(30-3)9-7-17/h5-10,22H,4,11-15H2,1-3H3. The molecule has 2 heterocycles. The van der Waals surface area contributed by atoms with Crippen LogP contribution in [0.2, 0.25) is 0 Å². The number of anilines is 2.